The summed E-state index contributed by atoms with van der Waals surface area (Å²) in [5.41, 5.74) is 1.01. The molecular weight excluding hydrogens is 420 g/mol. The molecule has 10 heteroatoms. The number of hydrogen-bond donors (Lipinski definition) is 1. The number of anilines is 2. The minimum absolute atomic E-state index is 0.00675. The third-order valence-electron chi connectivity index (χ3n) is 4.60. The zero-order chi connectivity index (χ0) is 20.6. The van der Waals surface area contributed by atoms with E-state index in [1.807, 2.05) is 0 Å². The molecule has 0 spiro atoms. The number of nitrogens with one attached hydrogen (secondary N) is 1. The number of halogens is 2. The van der Waals surface area contributed by atoms with Crippen LogP contribution in [0.1, 0.15) is 0 Å². The van der Waals surface area contributed by atoms with Gasteiger partial charge in [-0.2, -0.15) is 0 Å². The number of carbonyl (C=O) groups excluding carboxylic acids is 1. The van der Waals surface area contributed by atoms with Crippen LogP contribution in [0.5, 0.6) is 0 Å². The van der Waals surface area contributed by atoms with Crippen molar-refractivity contribution < 1.29 is 22.0 Å². The predicted octanol–water partition coefficient (Wildman–Crippen LogP) is 2.68. The van der Waals surface area contributed by atoms with Gasteiger partial charge in [0, 0.05) is 16.6 Å². The average Bonchev–Trinajstić information content (AvgIpc) is 3.16. The van der Waals surface area contributed by atoms with Gasteiger partial charge in [-0.15, -0.1) is 0 Å². The number of rotatable bonds is 4. The van der Waals surface area contributed by atoms with Crippen molar-refractivity contribution in [3.63, 3.8) is 0 Å². The van der Waals surface area contributed by atoms with Crippen molar-refractivity contribution in [1.82, 2.24) is 0 Å². The van der Waals surface area contributed by atoms with E-state index in [0.717, 1.165) is 0 Å². The summed E-state index contributed by atoms with van der Waals surface area (Å²) in [5, 5.41) is 3.03. The van der Waals surface area contributed by atoms with Crippen molar-refractivity contribution in [2.45, 2.75) is 11.3 Å². The number of fused-ring (bicyclic) bond motifs is 1. The fourth-order valence-electron chi connectivity index (χ4n) is 3.24. The summed E-state index contributed by atoms with van der Waals surface area (Å²) in [7, 11) is -3.10. The van der Waals surface area contributed by atoms with Crippen LogP contribution in [0, 0.1) is 11.6 Å². The van der Waals surface area contributed by atoms with E-state index in [1.54, 1.807) is 4.90 Å². The summed E-state index contributed by atoms with van der Waals surface area (Å²) in [4.78, 5) is 18.7. The van der Waals surface area contributed by atoms with Crippen molar-refractivity contribution >= 4 is 44.0 Å². The molecule has 2 heterocycles. The third kappa shape index (κ3) is 4.59. The Labute approximate surface area is 170 Å². The largest absolute Gasteiger partial charge is 0.325 e. The lowest BCUT2D eigenvalue weighted by Crippen LogP contribution is -2.36. The van der Waals surface area contributed by atoms with E-state index in [0.29, 0.717) is 16.5 Å². The number of carbonyl (C=O) groups is 1. The first-order valence-electron chi connectivity index (χ1n) is 8.82. The van der Waals surface area contributed by atoms with Gasteiger partial charge in [0.05, 0.1) is 17.5 Å². The average molecular weight is 437 g/mol. The Morgan fingerprint density at radius 2 is 1.69 bits per heavy atom. The molecule has 152 valence electrons. The normalized spacial score (nSPS) is 22.1. The smallest absolute Gasteiger partial charge is 0.244 e. The van der Waals surface area contributed by atoms with E-state index in [-0.39, 0.29) is 35.2 Å². The highest BCUT2D eigenvalue weighted by Crippen LogP contribution is 2.36. The van der Waals surface area contributed by atoms with E-state index >= 15 is 0 Å². The van der Waals surface area contributed by atoms with Gasteiger partial charge in [0.1, 0.15) is 18.2 Å². The molecule has 0 saturated carbocycles. The molecule has 0 aromatic heterocycles. The number of nitrogens with zero attached hydrogens (tertiary/aromatic N) is 2. The highest BCUT2D eigenvalue weighted by Gasteiger charge is 2.44. The van der Waals surface area contributed by atoms with E-state index in [4.69, 9.17) is 0 Å². The SMILES string of the molecule is O=C(CN(C1=NC2CS(=O)(=O)CC2S1)c1ccc(F)cc1)Nc1ccc(F)cc1. The first-order chi connectivity index (χ1) is 13.8. The number of amidine groups is 1. The molecule has 2 aromatic rings. The molecule has 0 aliphatic carbocycles. The number of hydrogen-bond acceptors (Lipinski definition) is 6. The Kier molecular flexibility index (Phi) is 5.30. The maximum Gasteiger partial charge on any atom is 0.244 e. The van der Waals surface area contributed by atoms with Crippen LogP contribution >= 0.6 is 11.8 Å². The number of aliphatic imine (C=N–C) groups is 1. The monoisotopic (exact) mass is 437 g/mol. The fraction of sp³-hybridized carbons (Fsp3) is 0.263. The molecule has 1 fully saturated rings. The van der Waals surface area contributed by atoms with Gasteiger partial charge in [-0.25, -0.2) is 17.2 Å². The van der Waals surface area contributed by atoms with E-state index in [1.165, 1.54) is 60.3 Å². The molecule has 6 nitrogen and oxygen atoms in total. The fourth-order valence-corrected chi connectivity index (χ4v) is 7.02. The quantitative estimate of drug-likeness (QED) is 0.796. The van der Waals surface area contributed by atoms with Crippen LogP contribution < -0.4 is 10.2 Å². The summed E-state index contributed by atoms with van der Waals surface area (Å²) in [5.74, 6) is -1.14. The molecule has 2 aliphatic rings. The van der Waals surface area contributed by atoms with Crippen molar-refractivity contribution in [2.24, 2.45) is 4.99 Å². The highest BCUT2D eigenvalue weighted by atomic mass is 32.2. The van der Waals surface area contributed by atoms with E-state index < -0.39 is 21.5 Å². The second-order valence-electron chi connectivity index (χ2n) is 6.83. The third-order valence-corrected chi connectivity index (χ3v) is 7.85. The van der Waals surface area contributed by atoms with Gasteiger partial charge in [0.2, 0.25) is 5.91 Å². The predicted molar refractivity (Wildman–Crippen MR) is 110 cm³/mol. The topological polar surface area (TPSA) is 78.8 Å². The molecule has 2 aromatic carbocycles. The van der Waals surface area contributed by atoms with Crippen LogP contribution in [0.15, 0.2) is 53.5 Å². The van der Waals surface area contributed by atoms with Crippen LogP contribution in [0.3, 0.4) is 0 Å². The highest BCUT2D eigenvalue weighted by molar-refractivity contribution is 8.15. The standard InChI is InChI=1S/C19H17F2N3O3S2/c20-12-1-5-14(6-2-12)22-18(25)9-24(15-7-3-13(21)4-8-15)19-23-16-10-29(26,27)11-17(16)28-19/h1-8,16-17H,9-11H2,(H,22,25). The molecule has 4 rings (SSSR count). The van der Waals surface area contributed by atoms with Gasteiger partial charge < -0.3 is 10.2 Å². The molecular formula is C19H17F2N3O3S2. The van der Waals surface area contributed by atoms with Crippen molar-refractivity contribution in [3.05, 3.63) is 60.2 Å². The van der Waals surface area contributed by atoms with Crippen LogP contribution in [0.2, 0.25) is 0 Å². The maximum absolute atomic E-state index is 13.4. The molecule has 2 unspecified atom stereocenters. The Bertz CT molecular complexity index is 1060. The lowest BCUT2D eigenvalue weighted by molar-refractivity contribution is -0.114. The summed E-state index contributed by atoms with van der Waals surface area (Å²) in [6, 6.07) is 10.7. The van der Waals surface area contributed by atoms with Gasteiger partial charge >= 0.3 is 0 Å². The lowest BCUT2D eigenvalue weighted by atomic mass is 10.2. The second kappa shape index (κ2) is 7.75. The molecule has 1 saturated heterocycles. The Morgan fingerprint density at radius 3 is 2.31 bits per heavy atom. The molecule has 29 heavy (non-hydrogen) atoms. The first kappa shape index (κ1) is 19.8. The van der Waals surface area contributed by atoms with E-state index in [9.17, 15) is 22.0 Å². The van der Waals surface area contributed by atoms with Crippen LogP contribution in [0.25, 0.3) is 0 Å². The summed E-state index contributed by atoms with van der Waals surface area (Å²) in [6.07, 6.45) is 0. The summed E-state index contributed by atoms with van der Waals surface area (Å²) >= 11 is 1.31. The van der Waals surface area contributed by atoms with Crippen LogP contribution in [-0.2, 0) is 14.6 Å². The molecule has 2 atom stereocenters. The van der Waals surface area contributed by atoms with Gasteiger partial charge in [0.25, 0.3) is 0 Å². The maximum atomic E-state index is 13.4. The molecule has 0 radical (unpaired) electrons. The van der Waals surface area contributed by atoms with Crippen molar-refractivity contribution in [3.8, 4) is 0 Å². The Morgan fingerprint density at radius 1 is 1.07 bits per heavy atom. The second-order valence-corrected chi connectivity index (χ2v) is 10.2. The van der Waals surface area contributed by atoms with Crippen molar-refractivity contribution in [1.29, 1.82) is 0 Å². The first-order valence-corrected chi connectivity index (χ1v) is 11.5. The number of amides is 1. The lowest BCUT2D eigenvalue weighted by Gasteiger charge is -2.24. The Hall–Kier alpha value is -2.46. The van der Waals surface area contributed by atoms with Gasteiger partial charge in [-0.3, -0.25) is 9.79 Å². The van der Waals surface area contributed by atoms with Gasteiger partial charge in [-0.05, 0) is 48.5 Å². The van der Waals surface area contributed by atoms with E-state index in [2.05, 4.69) is 10.3 Å². The minimum atomic E-state index is -3.10. The van der Waals surface area contributed by atoms with Crippen molar-refractivity contribution in [2.75, 3.05) is 28.3 Å². The molecule has 2 aliphatic heterocycles. The zero-order valence-electron chi connectivity index (χ0n) is 15.1. The number of thioether (sulfide) groups is 1. The zero-order valence-corrected chi connectivity index (χ0v) is 16.7. The summed E-state index contributed by atoms with van der Waals surface area (Å²) in [6.45, 7) is -0.110. The van der Waals surface area contributed by atoms with Crippen LogP contribution in [-0.4, -0.2) is 48.8 Å². The van der Waals surface area contributed by atoms with Gasteiger partial charge in [-0.1, -0.05) is 11.8 Å². The summed E-state index contributed by atoms with van der Waals surface area (Å²) < 4.78 is 50.0. The minimum Gasteiger partial charge on any atom is -0.325 e. The van der Waals surface area contributed by atoms with Gasteiger partial charge in [0.15, 0.2) is 15.0 Å². The molecule has 1 N–H and O–H groups in total. The number of sulfone groups is 1. The Balaban J connectivity index is 1.55. The van der Waals surface area contributed by atoms with Crippen LogP contribution in [0.4, 0.5) is 20.2 Å². The molecule has 1 amide bonds. The molecule has 0 bridgehead atoms. The number of benzene rings is 2.